The summed E-state index contributed by atoms with van der Waals surface area (Å²) in [6.07, 6.45) is 1.01. The first-order chi connectivity index (χ1) is 12.1. The summed E-state index contributed by atoms with van der Waals surface area (Å²) < 4.78 is 6.38. The quantitative estimate of drug-likeness (QED) is 0.603. The van der Waals surface area contributed by atoms with Gasteiger partial charge < -0.3 is 4.74 Å². The smallest absolute Gasteiger partial charge is 0.264 e. The summed E-state index contributed by atoms with van der Waals surface area (Å²) in [6.45, 7) is 2.07. The second kappa shape index (κ2) is 8.27. The summed E-state index contributed by atoms with van der Waals surface area (Å²) in [6, 6.07) is 15.7. The third kappa shape index (κ3) is 4.90. The Morgan fingerprint density at radius 3 is 2.76 bits per heavy atom. The van der Waals surface area contributed by atoms with Gasteiger partial charge in [0.2, 0.25) is 0 Å². The van der Waals surface area contributed by atoms with E-state index in [4.69, 9.17) is 4.74 Å². The van der Waals surface area contributed by atoms with E-state index in [1.54, 1.807) is 6.07 Å². The molecule has 25 heavy (non-hydrogen) atoms. The zero-order valence-electron chi connectivity index (χ0n) is 13.7. The highest BCUT2D eigenvalue weighted by Crippen LogP contribution is 2.25. The van der Waals surface area contributed by atoms with Gasteiger partial charge in [-0.1, -0.05) is 53.2 Å². The van der Waals surface area contributed by atoms with Gasteiger partial charge in [0.15, 0.2) is 11.7 Å². The van der Waals surface area contributed by atoms with E-state index in [2.05, 4.69) is 57.4 Å². The number of hydrogen-bond acceptors (Lipinski definition) is 4. The van der Waals surface area contributed by atoms with Crippen LogP contribution in [0.15, 0.2) is 58.4 Å². The second-order valence-electron chi connectivity index (χ2n) is 5.38. The molecule has 128 valence electrons. The molecule has 6 heteroatoms. The van der Waals surface area contributed by atoms with Crippen molar-refractivity contribution in [1.29, 1.82) is 0 Å². The van der Waals surface area contributed by atoms with Crippen LogP contribution in [0.2, 0.25) is 0 Å². The molecule has 0 bridgehead atoms. The Morgan fingerprint density at radius 2 is 2.04 bits per heavy atom. The van der Waals surface area contributed by atoms with Crippen LogP contribution in [0.4, 0.5) is 5.13 Å². The van der Waals surface area contributed by atoms with Crippen LogP contribution < -0.4 is 10.1 Å². The predicted molar refractivity (Wildman–Crippen MR) is 105 cm³/mol. The number of amides is 1. The Bertz CT molecular complexity index is 862. The zero-order chi connectivity index (χ0) is 17.6. The van der Waals surface area contributed by atoms with Crippen molar-refractivity contribution < 1.29 is 9.53 Å². The molecule has 0 unspecified atom stereocenters. The number of halogens is 1. The average Bonchev–Trinajstić information content (AvgIpc) is 3.08. The van der Waals surface area contributed by atoms with Gasteiger partial charge in [0.05, 0.1) is 5.69 Å². The average molecular weight is 417 g/mol. The van der Waals surface area contributed by atoms with Gasteiger partial charge in [0.25, 0.3) is 5.91 Å². The van der Waals surface area contributed by atoms with Crippen LogP contribution in [0.25, 0.3) is 11.3 Å². The largest absolute Gasteiger partial charge is 0.484 e. The number of carbonyl (C=O) groups is 1. The predicted octanol–water partition coefficient (Wildman–Crippen LogP) is 5.15. The minimum absolute atomic E-state index is 0.0590. The first-order valence-corrected chi connectivity index (χ1v) is 9.54. The molecule has 0 radical (unpaired) electrons. The maximum Gasteiger partial charge on any atom is 0.264 e. The standard InChI is InChI=1S/C19H17BrN2O2S/c1-2-13-6-8-14(9-7-13)17-12-25-19(21-17)22-18(23)11-24-16-5-3-4-15(20)10-16/h3-10,12H,2,11H2,1H3,(H,21,22,23). The third-order valence-corrected chi connectivity index (χ3v) is 4.83. The number of benzene rings is 2. The van der Waals surface area contributed by atoms with Crippen molar-refractivity contribution in [2.24, 2.45) is 0 Å². The highest BCUT2D eigenvalue weighted by atomic mass is 79.9. The van der Waals surface area contributed by atoms with E-state index < -0.39 is 0 Å². The number of anilines is 1. The first-order valence-electron chi connectivity index (χ1n) is 7.87. The van der Waals surface area contributed by atoms with Crippen molar-refractivity contribution in [3.8, 4) is 17.0 Å². The molecule has 0 aliphatic carbocycles. The molecule has 0 fully saturated rings. The highest BCUT2D eigenvalue weighted by Gasteiger charge is 2.09. The molecule has 1 amide bonds. The molecular weight excluding hydrogens is 400 g/mol. The van der Waals surface area contributed by atoms with E-state index in [1.807, 2.05) is 23.6 Å². The number of aromatic nitrogens is 1. The Balaban J connectivity index is 1.57. The molecule has 1 heterocycles. The normalized spacial score (nSPS) is 10.5. The lowest BCUT2D eigenvalue weighted by Gasteiger charge is -2.06. The van der Waals surface area contributed by atoms with Gasteiger partial charge >= 0.3 is 0 Å². The van der Waals surface area contributed by atoms with Gasteiger partial charge in [0.1, 0.15) is 5.75 Å². The SMILES string of the molecule is CCc1ccc(-c2csc(NC(=O)COc3cccc(Br)c3)n2)cc1. The van der Waals surface area contributed by atoms with Gasteiger partial charge in [-0.3, -0.25) is 10.1 Å². The van der Waals surface area contributed by atoms with Gasteiger partial charge in [-0.2, -0.15) is 0 Å². The van der Waals surface area contributed by atoms with Crippen LogP contribution in [0, 0.1) is 0 Å². The van der Waals surface area contributed by atoms with E-state index in [-0.39, 0.29) is 12.5 Å². The van der Waals surface area contributed by atoms with Gasteiger partial charge in [-0.25, -0.2) is 4.98 Å². The molecule has 0 aliphatic rings. The van der Waals surface area contributed by atoms with Gasteiger partial charge in [-0.15, -0.1) is 11.3 Å². The van der Waals surface area contributed by atoms with Crippen molar-refractivity contribution in [3.63, 3.8) is 0 Å². The molecular formula is C19H17BrN2O2S. The topological polar surface area (TPSA) is 51.2 Å². The van der Waals surface area contributed by atoms with Crippen LogP contribution in [0.3, 0.4) is 0 Å². The summed E-state index contributed by atoms with van der Waals surface area (Å²) in [5.41, 5.74) is 3.19. The number of rotatable bonds is 6. The van der Waals surface area contributed by atoms with E-state index in [0.29, 0.717) is 10.9 Å². The first kappa shape index (κ1) is 17.6. The number of nitrogens with one attached hydrogen (secondary N) is 1. The Kier molecular flexibility index (Phi) is 5.83. The fraction of sp³-hybridized carbons (Fsp3) is 0.158. The second-order valence-corrected chi connectivity index (χ2v) is 7.16. The lowest BCUT2D eigenvalue weighted by Crippen LogP contribution is -2.20. The van der Waals surface area contributed by atoms with Crippen molar-refractivity contribution >= 4 is 38.3 Å². The van der Waals surface area contributed by atoms with Crippen LogP contribution in [0.5, 0.6) is 5.75 Å². The summed E-state index contributed by atoms with van der Waals surface area (Å²) in [4.78, 5) is 16.5. The number of aryl methyl sites for hydroxylation is 1. The van der Waals surface area contributed by atoms with Crippen LogP contribution in [0.1, 0.15) is 12.5 Å². The molecule has 0 atom stereocenters. The summed E-state index contributed by atoms with van der Waals surface area (Å²) in [5, 5.41) is 5.27. The molecule has 3 rings (SSSR count). The molecule has 0 saturated carbocycles. The van der Waals surface area contributed by atoms with Gasteiger partial charge in [0, 0.05) is 15.4 Å². The molecule has 1 aromatic heterocycles. The minimum Gasteiger partial charge on any atom is -0.484 e. The number of ether oxygens (including phenoxy) is 1. The van der Waals surface area contributed by atoms with E-state index in [1.165, 1.54) is 16.9 Å². The summed E-state index contributed by atoms with van der Waals surface area (Å²) in [7, 11) is 0. The number of nitrogens with zero attached hydrogens (tertiary/aromatic N) is 1. The Morgan fingerprint density at radius 1 is 1.24 bits per heavy atom. The van der Waals surface area contributed by atoms with E-state index >= 15 is 0 Å². The molecule has 1 N–H and O–H groups in total. The molecule has 0 saturated heterocycles. The van der Waals surface area contributed by atoms with Crippen molar-refractivity contribution in [2.45, 2.75) is 13.3 Å². The summed E-state index contributed by atoms with van der Waals surface area (Å²) in [5.74, 6) is 0.405. The van der Waals surface area contributed by atoms with Crippen molar-refractivity contribution in [2.75, 3.05) is 11.9 Å². The summed E-state index contributed by atoms with van der Waals surface area (Å²) >= 11 is 4.77. The highest BCUT2D eigenvalue weighted by molar-refractivity contribution is 9.10. The lowest BCUT2D eigenvalue weighted by molar-refractivity contribution is -0.118. The van der Waals surface area contributed by atoms with Crippen LogP contribution in [-0.2, 0) is 11.2 Å². The van der Waals surface area contributed by atoms with E-state index in [9.17, 15) is 4.79 Å². The number of hydrogen-bond donors (Lipinski definition) is 1. The Hall–Kier alpha value is -2.18. The fourth-order valence-electron chi connectivity index (χ4n) is 2.24. The molecule has 3 aromatic rings. The molecule has 0 spiro atoms. The molecule has 0 aliphatic heterocycles. The lowest BCUT2D eigenvalue weighted by atomic mass is 10.1. The monoisotopic (exact) mass is 416 g/mol. The molecule has 2 aromatic carbocycles. The fourth-order valence-corrected chi connectivity index (χ4v) is 3.35. The van der Waals surface area contributed by atoms with Crippen LogP contribution >= 0.6 is 27.3 Å². The van der Waals surface area contributed by atoms with Crippen LogP contribution in [-0.4, -0.2) is 17.5 Å². The zero-order valence-corrected chi connectivity index (χ0v) is 16.1. The Labute approximate surface area is 159 Å². The number of thiazole rings is 1. The maximum atomic E-state index is 12.0. The maximum absolute atomic E-state index is 12.0. The van der Waals surface area contributed by atoms with E-state index in [0.717, 1.165) is 22.2 Å². The van der Waals surface area contributed by atoms with Gasteiger partial charge in [-0.05, 0) is 30.2 Å². The van der Waals surface area contributed by atoms with Crippen molar-refractivity contribution in [1.82, 2.24) is 4.98 Å². The van der Waals surface area contributed by atoms with Crippen molar-refractivity contribution in [3.05, 3.63) is 63.9 Å². The number of carbonyl (C=O) groups excluding carboxylic acids is 1. The minimum atomic E-state index is -0.234. The third-order valence-electron chi connectivity index (χ3n) is 3.57. The molecule has 4 nitrogen and oxygen atoms in total.